The minimum absolute atomic E-state index is 0.408. The molecule has 0 saturated heterocycles. The Hall–Kier alpha value is -0.840. The maximum atomic E-state index is 10.2. The molecule has 2 aromatic rings. The van der Waals surface area contributed by atoms with E-state index in [1.54, 1.807) is 7.11 Å². The van der Waals surface area contributed by atoms with Gasteiger partial charge in [-0.2, -0.15) is 0 Å². The van der Waals surface area contributed by atoms with Gasteiger partial charge in [-0.1, -0.05) is 40.2 Å². The molecule has 2 rings (SSSR count). The van der Waals surface area contributed by atoms with Crippen molar-refractivity contribution in [1.82, 2.24) is 0 Å². The maximum Gasteiger partial charge on any atom is 0.133 e. The van der Waals surface area contributed by atoms with Crippen LogP contribution in [0.25, 0.3) is 0 Å². The van der Waals surface area contributed by atoms with Gasteiger partial charge in [0.15, 0.2) is 0 Å². The van der Waals surface area contributed by atoms with Crippen LogP contribution in [0.4, 0.5) is 0 Å². The summed E-state index contributed by atoms with van der Waals surface area (Å²) in [5, 5.41) is 10.2. The van der Waals surface area contributed by atoms with E-state index < -0.39 is 6.10 Å². The van der Waals surface area contributed by atoms with Crippen molar-refractivity contribution in [1.29, 1.82) is 0 Å². The summed E-state index contributed by atoms with van der Waals surface area (Å²) in [5.74, 6) is 0.800. The fraction of sp³-hybridized carbons (Fsp3) is 0.250. The van der Waals surface area contributed by atoms with E-state index in [1.807, 2.05) is 42.5 Å². The van der Waals surface area contributed by atoms with Crippen molar-refractivity contribution in [3.05, 3.63) is 62.5 Å². The topological polar surface area (TPSA) is 29.5 Å². The smallest absolute Gasteiger partial charge is 0.133 e. The molecule has 0 fully saturated rings. The van der Waals surface area contributed by atoms with Crippen molar-refractivity contribution < 1.29 is 9.84 Å². The Morgan fingerprint density at radius 2 is 1.80 bits per heavy atom. The van der Waals surface area contributed by atoms with Crippen LogP contribution in [-0.4, -0.2) is 18.3 Å². The van der Waals surface area contributed by atoms with Crippen molar-refractivity contribution in [2.75, 3.05) is 7.11 Å². The Bertz CT molecular complexity index is 584. The lowest BCUT2D eigenvalue weighted by atomic mass is 10.0. The zero-order valence-corrected chi connectivity index (χ0v) is 14.3. The highest BCUT2D eigenvalue weighted by Gasteiger charge is 2.10. The zero-order chi connectivity index (χ0) is 14.5. The molecule has 0 aliphatic heterocycles. The van der Waals surface area contributed by atoms with Gasteiger partial charge >= 0.3 is 0 Å². The van der Waals surface area contributed by atoms with E-state index in [2.05, 4.69) is 31.9 Å². The van der Waals surface area contributed by atoms with Crippen LogP contribution in [0.2, 0.25) is 0 Å². The van der Waals surface area contributed by atoms with E-state index in [0.717, 1.165) is 25.8 Å². The summed E-state index contributed by atoms with van der Waals surface area (Å²) in [7, 11) is 1.64. The number of benzene rings is 2. The number of hydrogen-bond acceptors (Lipinski definition) is 2. The molecule has 20 heavy (non-hydrogen) atoms. The quantitative estimate of drug-likeness (QED) is 0.808. The van der Waals surface area contributed by atoms with E-state index in [0.29, 0.717) is 12.8 Å². The number of halogens is 2. The molecule has 0 bridgehead atoms. The SMILES string of the molecule is COc1ccc(CC(O)Cc2ccccc2Br)cc1Br. The standard InChI is InChI=1S/C16H16Br2O2/c1-20-16-7-6-11(9-15(16)18)8-13(19)10-12-4-2-3-5-14(12)17/h2-7,9,13,19H,8,10H2,1H3. The Labute approximate surface area is 136 Å². The second-order valence-corrected chi connectivity index (χ2v) is 6.33. The van der Waals surface area contributed by atoms with E-state index in [4.69, 9.17) is 4.74 Å². The molecular weight excluding hydrogens is 384 g/mol. The summed E-state index contributed by atoms with van der Waals surface area (Å²) in [4.78, 5) is 0. The van der Waals surface area contributed by atoms with Crippen LogP contribution < -0.4 is 4.74 Å². The minimum atomic E-state index is -0.408. The summed E-state index contributed by atoms with van der Waals surface area (Å²) in [6, 6.07) is 13.8. The van der Waals surface area contributed by atoms with Gasteiger partial charge in [0.2, 0.25) is 0 Å². The first-order valence-electron chi connectivity index (χ1n) is 6.34. The van der Waals surface area contributed by atoms with Gasteiger partial charge in [0.25, 0.3) is 0 Å². The summed E-state index contributed by atoms with van der Waals surface area (Å²) in [5.41, 5.74) is 2.20. The van der Waals surface area contributed by atoms with Crippen LogP contribution in [0, 0.1) is 0 Å². The Morgan fingerprint density at radius 3 is 2.45 bits per heavy atom. The molecule has 1 unspecified atom stereocenters. The molecule has 4 heteroatoms. The third kappa shape index (κ3) is 4.08. The highest BCUT2D eigenvalue weighted by Crippen LogP contribution is 2.26. The summed E-state index contributed by atoms with van der Waals surface area (Å²) >= 11 is 6.97. The molecule has 0 aliphatic rings. The van der Waals surface area contributed by atoms with Crippen molar-refractivity contribution in [2.24, 2.45) is 0 Å². The predicted molar refractivity (Wildman–Crippen MR) is 88.3 cm³/mol. The predicted octanol–water partition coefficient (Wildman–Crippen LogP) is 4.37. The lowest BCUT2D eigenvalue weighted by molar-refractivity contribution is 0.175. The van der Waals surface area contributed by atoms with E-state index >= 15 is 0 Å². The number of hydrogen-bond donors (Lipinski definition) is 1. The number of aliphatic hydroxyl groups excluding tert-OH is 1. The lowest BCUT2D eigenvalue weighted by Gasteiger charge is -2.13. The molecule has 1 atom stereocenters. The monoisotopic (exact) mass is 398 g/mol. The Balaban J connectivity index is 2.03. The summed E-state index contributed by atoms with van der Waals surface area (Å²) in [6.45, 7) is 0. The molecule has 106 valence electrons. The largest absolute Gasteiger partial charge is 0.496 e. The molecule has 0 amide bonds. The van der Waals surface area contributed by atoms with Gasteiger partial charge in [-0.15, -0.1) is 0 Å². The summed E-state index contributed by atoms with van der Waals surface area (Å²) < 4.78 is 7.15. The van der Waals surface area contributed by atoms with Crippen LogP contribution in [0.5, 0.6) is 5.75 Å². The van der Waals surface area contributed by atoms with Crippen molar-refractivity contribution in [3.63, 3.8) is 0 Å². The van der Waals surface area contributed by atoms with Gasteiger partial charge in [0, 0.05) is 4.47 Å². The van der Waals surface area contributed by atoms with Crippen LogP contribution in [0.1, 0.15) is 11.1 Å². The van der Waals surface area contributed by atoms with Crippen LogP contribution in [-0.2, 0) is 12.8 Å². The van der Waals surface area contributed by atoms with E-state index in [-0.39, 0.29) is 0 Å². The van der Waals surface area contributed by atoms with Gasteiger partial charge in [0.05, 0.1) is 17.7 Å². The molecule has 2 aromatic carbocycles. The first-order chi connectivity index (χ1) is 9.60. The van der Waals surface area contributed by atoms with Crippen molar-refractivity contribution in [2.45, 2.75) is 18.9 Å². The molecule has 1 N–H and O–H groups in total. The first-order valence-corrected chi connectivity index (χ1v) is 7.92. The van der Waals surface area contributed by atoms with Gasteiger partial charge in [0.1, 0.15) is 5.75 Å². The number of rotatable bonds is 5. The number of aliphatic hydroxyl groups is 1. The average molecular weight is 400 g/mol. The van der Waals surface area contributed by atoms with Crippen LogP contribution >= 0.6 is 31.9 Å². The number of methoxy groups -OCH3 is 1. The molecule has 0 aliphatic carbocycles. The van der Waals surface area contributed by atoms with Crippen molar-refractivity contribution >= 4 is 31.9 Å². The zero-order valence-electron chi connectivity index (χ0n) is 11.1. The second kappa shape index (κ2) is 7.25. The van der Waals surface area contributed by atoms with Gasteiger partial charge in [-0.25, -0.2) is 0 Å². The van der Waals surface area contributed by atoms with Gasteiger partial charge in [-0.3, -0.25) is 0 Å². The molecule has 0 saturated carbocycles. The van der Waals surface area contributed by atoms with Crippen molar-refractivity contribution in [3.8, 4) is 5.75 Å². The summed E-state index contributed by atoms with van der Waals surface area (Å²) in [6.07, 6.45) is 0.837. The fourth-order valence-electron chi connectivity index (χ4n) is 2.10. The lowest BCUT2D eigenvalue weighted by Crippen LogP contribution is -2.14. The van der Waals surface area contributed by atoms with E-state index in [9.17, 15) is 5.11 Å². The Morgan fingerprint density at radius 1 is 1.05 bits per heavy atom. The molecular formula is C16H16Br2O2. The van der Waals surface area contributed by atoms with Gasteiger partial charge in [-0.05, 0) is 58.1 Å². The minimum Gasteiger partial charge on any atom is -0.496 e. The third-order valence-electron chi connectivity index (χ3n) is 3.10. The van der Waals surface area contributed by atoms with Crippen LogP contribution in [0.15, 0.2) is 51.4 Å². The fourth-order valence-corrected chi connectivity index (χ4v) is 3.13. The highest BCUT2D eigenvalue weighted by atomic mass is 79.9. The average Bonchev–Trinajstić information content (AvgIpc) is 2.41. The molecule has 0 spiro atoms. The van der Waals surface area contributed by atoms with Gasteiger partial charge < -0.3 is 9.84 Å². The number of ether oxygens (including phenoxy) is 1. The highest BCUT2D eigenvalue weighted by molar-refractivity contribution is 9.10. The van der Waals surface area contributed by atoms with Crippen LogP contribution in [0.3, 0.4) is 0 Å². The molecule has 2 nitrogen and oxygen atoms in total. The molecule has 0 aromatic heterocycles. The maximum absolute atomic E-state index is 10.2. The normalized spacial score (nSPS) is 12.2. The molecule has 0 radical (unpaired) electrons. The van der Waals surface area contributed by atoms with E-state index in [1.165, 1.54) is 0 Å². The molecule has 0 heterocycles. The second-order valence-electron chi connectivity index (χ2n) is 4.62. The Kier molecular flexibility index (Phi) is 5.64. The first kappa shape index (κ1) is 15.5. The third-order valence-corrected chi connectivity index (χ3v) is 4.49.